The van der Waals surface area contributed by atoms with Crippen molar-refractivity contribution in [1.82, 2.24) is 29.4 Å². The average molecular weight is 447 g/mol. The first-order valence-electron chi connectivity index (χ1n) is 10.9. The summed E-state index contributed by atoms with van der Waals surface area (Å²) in [6, 6.07) is -0.352. The number of carbonyl (C=O) groups is 1. The van der Waals surface area contributed by atoms with Gasteiger partial charge in [-0.05, 0) is 39.5 Å². The van der Waals surface area contributed by atoms with Crippen LogP contribution in [0.3, 0.4) is 0 Å². The number of hydrogen-bond acceptors (Lipinski definition) is 6. The van der Waals surface area contributed by atoms with Gasteiger partial charge in [0.1, 0.15) is 10.7 Å². The van der Waals surface area contributed by atoms with Crippen LogP contribution in [-0.2, 0) is 17.1 Å². The molecule has 0 aromatic carbocycles. The van der Waals surface area contributed by atoms with Crippen LogP contribution in [0.1, 0.15) is 78.6 Å². The second kappa shape index (κ2) is 8.66. The lowest BCUT2D eigenvalue weighted by Crippen LogP contribution is -2.38. The molecular formula is C21H30N6O3S. The quantitative estimate of drug-likeness (QED) is 0.755. The molecule has 4 rings (SSSR count). The number of sulfonamides is 1. The van der Waals surface area contributed by atoms with E-state index in [2.05, 4.69) is 20.4 Å². The van der Waals surface area contributed by atoms with Crippen LogP contribution in [0.2, 0.25) is 0 Å². The molecule has 0 spiro atoms. The van der Waals surface area contributed by atoms with Crippen LogP contribution < -0.4 is 5.32 Å². The topological polar surface area (TPSA) is 110 Å². The van der Waals surface area contributed by atoms with Gasteiger partial charge in [0.15, 0.2) is 0 Å². The largest absolute Gasteiger partial charge is 0.349 e. The predicted octanol–water partition coefficient (Wildman–Crippen LogP) is 2.42. The van der Waals surface area contributed by atoms with Crippen molar-refractivity contribution in [1.29, 1.82) is 0 Å². The van der Waals surface area contributed by atoms with E-state index in [0.717, 1.165) is 25.7 Å². The molecule has 2 aromatic heterocycles. The Kier molecular flexibility index (Phi) is 6.11. The second-order valence-electron chi connectivity index (χ2n) is 8.52. The lowest BCUT2D eigenvalue weighted by Gasteiger charge is -2.26. The number of carbonyl (C=O) groups excluding carboxylic acids is 1. The number of aromatic nitrogens is 4. The minimum absolute atomic E-state index is 0.150. The maximum absolute atomic E-state index is 13.5. The smallest absolute Gasteiger partial charge is 0.254 e. The molecule has 9 nitrogen and oxygen atoms in total. The van der Waals surface area contributed by atoms with Crippen LogP contribution in [0.5, 0.6) is 0 Å². The van der Waals surface area contributed by atoms with Crippen molar-refractivity contribution < 1.29 is 13.2 Å². The number of hydrogen-bond donors (Lipinski definition) is 1. The highest BCUT2D eigenvalue weighted by Crippen LogP contribution is 2.37. The minimum Gasteiger partial charge on any atom is -0.349 e. The van der Waals surface area contributed by atoms with Gasteiger partial charge in [0, 0.05) is 25.8 Å². The van der Waals surface area contributed by atoms with E-state index >= 15 is 0 Å². The summed E-state index contributed by atoms with van der Waals surface area (Å²) < 4.78 is 29.9. The number of rotatable bonds is 5. The Labute approximate surface area is 183 Å². The third-order valence-corrected chi connectivity index (χ3v) is 8.43. The summed E-state index contributed by atoms with van der Waals surface area (Å²) in [4.78, 5) is 22.1. The lowest BCUT2D eigenvalue weighted by molar-refractivity contribution is 0.0924. The summed E-state index contributed by atoms with van der Waals surface area (Å²) >= 11 is 0. The molecular weight excluding hydrogens is 416 g/mol. The zero-order valence-electron chi connectivity index (χ0n) is 18.3. The van der Waals surface area contributed by atoms with Crippen molar-refractivity contribution in [3.05, 3.63) is 35.2 Å². The Balaban J connectivity index is 1.67. The molecule has 10 heteroatoms. The molecule has 2 aliphatic rings. The normalized spacial score (nSPS) is 20.8. The molecule has 168 valence electrons. The molecule has 1 amide bonds. The highest BCUT2D eigenvalue weighted by Gasteiger charge is 2.40. The van der Waals surface area contributed by atoms with Gasteiger partial charge >= 0.3 is 0 Å². The first-order chi connectivity index (χ1) is 14.8. The third-order valence-electron chi connectivity index (χ3n) is 6.42. The van der Waals surface area contributed by atoms with Gasteiger partial charge in [-0.3, -0.25) is 9.48 Å². The zero-order valence-corrected chi connectivity index (χ0v) is 19.2. The van der Waals surface area contributed by atoms with E-state index in [4.69, 9.17) is 0 Å². The van der Waals surface area contributed by atoms with Gasteiger partial charge in [-0.25, -0.2) is 18.4 Å². The van der Waals surface area contributed by atoms with E-state index < -0.39 is 16.1 Å². The fourth-order valence-corrected chi connectivity index (χ4v) is 6.43. The second-order valence-corrected chi connectivity index (χ2v) is 10.4. The Morgan fingerprint density at radius 3 is 2.52 bits per heavy atom. The van der Waals surface area contributed by atoms with Crippen LogP contribution in [-0.4, -0.2) is 51.0 Å². The maximum atomic E-state index is 13.5. The van der Waals surface area contributed by atoms with Gasteiger partial charge in [0.2, 0.25) is 10.0 Å². The Morgan fingerprint density at radius 2 is 1.84 bits per heavy atom. The number of amides is 1. The molecule has 3 heterocycles. The molecule has 0 radical (unpaired) electrons. The summed E-state index contributed by atoms with van der Waals surface area (Å²) in [5.74, 6) is 0.301. The van der Waals surface area contributed by atoms with Gasteiger partial charge in [0.05, 0.1) is 29.2 Å². The van der Waals surface area contributed by atoms with Gasteiger partial charge in [-0.2, -0.15) is 9.40 Å². The standard InChI is InChI=1S/C21H30N6O3S/c1-14-19(13-23-26(14)3)31(29,30)27-11-7-10-18(27)20-17(12-22-15(2)24-20)21(28)25-16-8-5-4-6-9-16/h12-13,16,18H,4-11H2,1-3H3,(H,25,28)/t18-/m1/s1. The molecule has 1 saturated carbocycles. The molecule has 31 heavy (non-hydrogen) atoms. The molecule has 0 unspecified atom stereocenters. The van der Waals surface area contributed by atoms with E-state index in [-0.39, 0.29) is 16.8 Å². The van der Waals surface area contributed by atoms with Crippen molar-refractivity contribution in [2.24, 2.45) is 7.05 Å². The van der Waals surface area contributed by atoms with E-state index in [1.807, 2.05) is 0 Å². The van der Waals surface area contributed by atoms with Crippen LogP contribution in [0.4, 0.5) is 0 Å². The van der Waals surface area contributed by atoms with Crippen molar-refractivity contribution in [2.75, 3.05) is 6.54 Å². The molecule has 1 aliphatic carbocycles. The van der Waals surface area contributed by atoms with Crippen LogP contribution in [0, 0.1) is 13.8 Å². The molecule has 1 saturated heterocycles. The summed E-state index contributed by atoms with van der Waals surface area (Å²) in [6.45, 7) is 3.88. The molecule has 0 bridgehead atoms. The first kappa shape index (κ1) is 21.9. The fourth-order valence-electron chi connectivity index (χ4n) is 4.59. The molecule has 1 N–H and O–H groups in total. The third kappa shape index (κ3) is 4.23. The van der Waals surface area contributed by atoms with E-state index in [1.165, 1.54) is 23.1 Å². The Morgan fingerprint density at radius 1 is 1.10 bits per heavy atom. The van der Waals surface area contributed by atoms with Crippen molar-refractivity contribution in [3.63, 3.8) is 0 Å². The van der Waals surface area contributed by atoms with Crippen LogP contribution in [0.15, 0.2) is 17.3 Å². The predicted molar refractivity (Wildman–Crippen MR) is 115 cm³/mol. The molecule has 2 aromatic rings. The summed E-state index contributed by atoms with van der Waals surface area (Å²) in [7, 11) is -2.05. The van der Waals surface area contributed by atoms with Gasteiger partial charge in [-0.15, -0.1) is 0 Å². The SMILES string of the molecule is Cc1ncc(C(=O)NC2CCCCC2)c([C@H]2CCCN2S(=O)(=O)c2cnn(C)c2C)n1. The molecule has 1 atom stereocenters. The fraction of sp³-hybridized carbons (Fsp3) is 0.619. The summed E-state index contributed by atoms with van der Waals surface area (Å²) in [6.07, 6.45) is 9.61. The highest BCUT2D eigenvalue weighted by atomic mass is 32.2. The Bertz CT molecular complexity index is 1070. The first-order valence-corrected chi connectivity index (χ1v) is 12.4. The van der Waals surface area contributed by atoms with E-state index in [0.29, 0.717) is 42.2 Å². The van der Waals surface area contributed by atoms with Crippen molar-refractivity contribution in [3.8, 4) is 0 Å². The van der Waals surface area contributed by atoms with Gasteiger partial charge in [0.25, 0.3) is 5.91 Å². The molecule has 2 fully saturated rings. The van der Waals surface area contributed by atoms with E-state index in [9.17, 15) is 13.2 Å². The van der Waals surface area contributed by atoms with Crippen LogP contribution >= 0.6 is 0 Å². The number of nitrogens with one attached hydrogen (secondary N) is 1. The summed E-state index contributed by atoms with van der Waals surface area (Å²) in [5.41, 5.74) is 1.44. The monoisotopic (exact) mass is 446 g/mol. The van der Waals surface area contributed by atoms with E-state index in [1.54, 1.807) is 25.6 Å². The van der Waals surface area contributed by atoms with Crippen molar-refractivity contribution in [2.45, 2.75) is 75.8 Å². The van der Waals surface area contributed by atoms with Crippen molar-refractivity contribution >= 4 is 15.9 Å². The maximum Gasteiger partial charge on any atom is 0.254 e. The van der Waals surface area contributed by atoms with Gasteiger partial charge < -0.3 is 5.32 Å². The highest BCUT2D eigenvalue weighted by molar-refractivity contribution is 7.89. The van der Waals surface area contributed by atoms with Gasteiger partial charge in [-0.1, -0.05) is 19.3 Å². The number of nitrogens with zero attached hydrogens (tertiary/aromatic N) is 5. The molecule has 1 aliphatic heterocycles. The Hall–Kier alpha value is -2.33. The summed E-state index contributed by atoms with van der Waals surface area (Å²) in [5, 5.41) is 7.21. The average Bonchev–Trinajstić information content (AvgIpc) is 3.37. The lowest BCUT2D eigenvalue weighted by atomic mass is 9.95. The van der Waals surface area contributed by atoms with Crippen LogP contribution in [0.25, 0.3) is 0 Å². The number of aryl methyl sites for hydroxylation is 2. The zero-order chi connectivity index (χ0) is 22.2. The minimum atomic E-state index is -3.77.